The molecule has 1 saturated heterocycles. The summed E-state index contributed by atoms with van der Waals surface area (Å²) >= 11 is 5.93. The van der Waals surface area contributed by atoms with Gasteiger partial charge in [0.2, 0.25) is 5.28 Å². The SMILES string of the molecule is CCC1COC(C)CN1c1nc(Cl)nc(C)c1N. The standard InChI is InChI=1S/C12H19ClN4O/c1-4-9-6-18-7(2)5-17(9)11-10(14)8(3)15-12(13)16-11/h7,9H,4-6,14H2,1-3H3. The summed E-state index contributed by atoms with van der Waals surface area (Å²) in [5.74, 6) is 0.731. The van der Waals surface area contributed by atoms with Crippen molar-refractivity contribution >= 4 is 23.1 Å². The highest BCUT2D eigenvalue weighted by Gasteiger charge is 2.28. The van der Waals surface area contributed by atoms with Crippen molar-refractivity contribution in [2.45, 2.75) is 39.3 Å². The van der Waals surface area contributed by atoms with Gasteiger partial charge in [-0.05, 0) is 31.9 Å². The molecule has 2 heterocycles. The van der Waals surface area contributed by atoms with Gasteiger partial charge in [0.25, 0.3) is 0 Å². The van der Waals surface area contributed by atoms with Crippen LogP contribution in [-0.4, -0.2) is 35.3 Å². The maximum atomic E-state index is 6.08. The number of morpholine rings is 1. The Hall–Kier alpha value is -1.07. The van der Waals surface area contributed by atoms with E-state index in [4.69, 9.17) is 22.1 Å². The Balaban J connectivity index is 2.38. The van der Waals surface area contributed by atoms with Gasteiger partial charge in [-0.3, -0.25) is 0 Å². The van der Waals surface area contributed by atoms with Crippen LogP contribution >= 0.6 is 11.6 Å². The zero-order valence-corrected chi connectivity index (χ0v) is 11.7. The van der Waals surface area contributed by atoms with Crippen molar-refractivity contribution in [1.82, 2.24) is 9.97 Å². The molecule has 2 N–H and O–H groups in total. The highest BCUT2D eigenvalue weighted by Crippen LogP contribution is 2.29. The number of aryl methyl sites for hydroxylation is 1. The van der Waals surface area contributed by atoms with Gasteiger partial charge in [-0.15, -0.1) is 0 Å². The zero-order chi connectivity index (χ0) is 13.3. The van der Waals surface area contributed by atoms with Crippen molar-refractivity contribution in [2.24, 2.45) is 0 Å². The Bertz CT molecular complexity index is 440. The van der Waals surface area contributed by atoms with Crippen molar-refractivity contribution in [3.05, 3.63) is 11.0 Å². The van der Waals surface area contributed by atoms with E-state index in [2.05, 4.69) is 21.8 Å². The van der Waals surface area contributed by atoms with Crippen LogP contribution < -0.4 is 10.6 Å². The molecule has 1 fully saturated rings. The number of hydrogen-bond acceptors (Lipinski definition) is 5. The maximum absolute atomic E-state index is 6.08. The summed E-state index contributed by atoms with van der Waals surface area (Å²) in [5.41, 5.74) is 7.40. The van der Waals surface area contributed by atoms with Crippen LogP contribution in [0.1, 0.15) is 26.0 Å². The van der Waals surface area contributed by atoms with Crippen molar-refractivity contribution < 1.29 is 4.74 Å². The molecule has 18 heavy (non-hydrogen) atoms. The minimum absolute atomic E-state index is 0.168. The maximum Gasteiger partial charge on any atom is 0.224 e. The van der Waals surface area contributed by atoms with Gasteiger partial charge < -0.3 is 15.4 Å². The summed E-state index contributed by atoms with van der Waals surface area (Å²) in [6.07, 6.45) is 1.15. The second-order valence-corrected chi connectivity index (χ2v) is 5.01. The van der Waals surface area contributed by atoms with Crippen LogP contribution in [0.5, 0.6) is 0 Å². The first-order chi connectivity index (χ1) is 8.52. The minimum atomic E-state index is 0.168. The lowest BCUT2D eigenvalue weighted by atomic mass is 10.1. The van der Waals surface area contributed by atoms with Crippen molar-refractivity contribution in [3.8, 4) is 0 Å². The molecule has 1 aromatic heterocycles. The van der Waals surface area contributed by atoms with Gasteiger partial charge in [0.15, 0.2) is 5.82 Å². The molecule has 1 aromatic rings. The number of nitrogens with zero attached hydrogens (tertiary/aromatic N) is 3. The van der Waals surface area contributed by atoms with Crippen LogP contribution in [0.25, 0.3) is 0 Å². The largest absolute Gasteiger partial charge is 0.394 e. The topological polar surface area (TPSA) is 64.3 Å². The molecule has 5 nitrogen and oxygen atoms in total. The molecule has 2 unspecified atom stereocenters. The lowest BCUT2D eigenvalue weighted by Gasteiger charge is -2.39. The summed E-state index contributed by atoms with van der Waals surface area (Å²) in [6, 6.07) is 0.286. The summed E-state index contributed by atoms with van der Waals surface area (Å²) in [6.45, 7) is 7.48. The summed E-state index contributed by atoms with van der Waals surface area (Å²) in [7, 11) is 0. The second kappa shape index (κ2) is 5.28. The van der Waals surface area contributed by atoms with Gasteiger partial charge in [-0.2, -0.15) is 4.98 Å². The first kappa shape index (κ1) is 13.4. The number of nitrogens with two attached hydrogens (primary N) is 1. The molecular formula is C12H19ClN4O. The second-order valence-electron chi connectivity index (χ2n) is 4.67. The fourth-order valence-electron chi connectivity index (χ4n) is 2.19. The molecule has 2 atom stereocenters. The van der Waals surface area contributed by atoms with E-state index in [1.807, 2.05) is 13.8 Å². The van der Waals surface area contributed by atoms with Crippen LogP contribution in [0.4, 0.5) is 11.5 Å². The lowest BCUT2D eigenvalue weighted by molar-refractivity contribution is 0.0297. The van der Waals surface area contributed by atoms with E-state index in [1.165, 1.54) is 0 Å². The third-order valence-corrected chi connectivity index (χ3v) is 3.47. The predicted molar refractivity (Wildman–Crippen MR) is 73.0 cm³/mol. The summed E-state index contributed by atoms with van der Waals surface area (Å²) < 4.78 is 5.67. The zero-order valence-electron chi connectivity index (χ0n) is 11.0. The molecule has 0 amide bonds. The molecule has 0 aromatic carbocycles. The minimum Gasteiger partial charge on any atom is -0.394 e. The highest BCUT2D eigenvalue weighted by atomic mass is 35.5. The number of nitrogen functional groups attached to an aromatic ring is 1. The molecule has 0 bridgehead atoms. The molecule has 0 radical (unpaired) electrons. The number of rotatable bonds is 2. The Labute approximate surface area is 112 Å². The van der Waals surface area contributed by atoms with Gasteiger partial charge in [-0.25, -0.2) is 4.98 Å². The summed E-state index contributed by atoms with van der Waals surface area (Å²) in [5, 5.41) is 0.241. The first-order valence-corrected chi connectivity index (χ1v) is 6.58. The molecule has 0 saturated carbocycles. The molecule has 6 heteroatoms. The van der Waals surface area contributed by atoms with Gasteiger partial charge >= 0.3 is 0 Å². The Kier molecular flexibility index (Phi) is 3.92. The smallest absolute Gasteiger partial charge is 0.224 e. The third-order valence-electron chi connectivity index (χ3n) is 3.30. The van der Waals surface area contributed by atoms with Crippen LogP contribution in [0, 0.1) is 6.92 Å². The molecular weight excluding hydrogens is 252 g/mol. The Morgan fingerprint density at radius 3 is 2.89 bits per heavy atom. The van der Waals surface area contributed by atoms with E-state index in [0.29, 0.717) is 12.3 Å². The number of halogens is 1. The molecule has 1 aliphatic rings. The van der Waals surface area contributed by atoms with Crippen LogP contribution in [0.2, 0.25) is 5.28 Å². The molecule has 0 aliphatic carbocycles. The molecule has 1 aliphatic heterocycles. The average Bonchev–Trinajstić information content (AvgIpc) is 2.33. The van der Waals surface area contributed by atoms with Gasteiger partial charge in [0.1, 0.15) is 0 Å². The fraction of sp³-hybridized carbons (Fsp3) is 0.667. The first-order valence-electron chi connectivity index (χ1n) is 6.20. The van der Waals surface area contributed by atoms with E-state index < -0.39 is 0 Å². The van der Waals surface area contributed by atoms with Crippen LogP contribution in [0.15, 0.2) is 0 Å². The van der Waals surface area contributed by atoms with Crippen molar-refractivity contribution in [2.75, 3.05) is 23.8 Å². The van der Waals surface area contributed by atoms with Crippen LogP contribution in [0.3, 0.4) is 0 Å². The normalized spacial score (nSPS) is 24.3. The highest BCUT2D eigenvalue weighted by molar-refractivity contribution is 6.28. The van der Waals surface area contributed by atoms with E-state index >= 15 is 0 Å². The average molecular weight is 271 g/mol. The molecule has 2 rings (SSSR count). The monoisotopic (exact) mass is 270 g/mol. The third kappa shape index (κ3) is 2.52. The summed E-state index contributed by atoms with van der Waals surface area (Å²) in [4.78, 5) is 10.5. The Morgan fingerprint density at radius 1 is 1.50 bits per heavy atom. The molecule has 0 spiro atoms. The lowest BCUT2D eigenvalue weighted by Crippen LogP contribution is -2.49. The van der Waals surface area contributed by atoms with E-state index in [9.17, 15) is 0 Å². The van der Waals surface area contributed by atoms with E-state index in [0.717, 1.165) is 24.5 Å². The van der Waals surface area contributed by atoms with Crippen molar-refractivity contribution in [3.63, 3.8) is 0 Å². The number of anilines is 2. The predicted octanol–water partition coefficient (Wildman–Crippen LogP) is 2.02. The van der Waals surface area contributed by atoms with E-state index in [-0.39, 0.29) is 17.4 Å². The van der Waals surface area contributed by atoms with Crippen molar-refractivity contribution in [1.29, 1.82) is 0 Å². The van der Waals surface area contributed by atoms with E-state index in [1.54, 1.807) is 0 Å². The fourth-order valence-corrected chi connectivity index (χ4v) is 2.40. The number of ether oxygens (including phenoxy) is 1. The Morgan fingerprint density at radius 2 is 2.22 bits per heavy atom. The van der Waals surface area contributed by atoms with Gasteiger partial charge in [0.05, 0.1) is 30.1 Å². The quantitative estimate of drug-likeness (QED) is 0.833. The van der Waals surface area contributed by atoms with Gasteiger partial charge in [0, 0.05) is 6.54 Å². The van der Waals surface area contributed by atoms with Crippen LogP contribution in [-0.2, 0) is 4.74 Å². The molecule has 100 valence electrons. The number of hydrogen-bond donors (Lipinski definition) is 1. The van der Waals surface area contributed by atoms with Gasteiger partial charge in [-0.1, -0.05) is 6.92 Å². The number of aromatic nitrogens is 2.